The van der Waals surface area contributed by atoms with E-state index >= 15 is 0 Å². The third-order valence-corrected chi connectivity index (χ3v) is 2.60. The van der Waals surface area contributed by atoms with Crippen LogP contribution in [0.5, 0.6) is 0 Å². The van der Waals surface area contributed by atoms with Crippen LogP contribution < -0.4 is 0 Å². The maximum atomic E-state index is 10.2. The van der Waals surface area contributed by atoms with Crippen LogP contribution in [0.25, 0.3) is 11.3 Å². The standard InChI is InChI=1S/C12H15N5O/c18-6-4-2-1-3-5-17-9-12(15-16-17)11-7-13-10-14-8-11/h6-10H,1-5H2. The quantitative estimate of drug-likeness (QED) is 0.546. The summed E-state index contributed by atoms with van der Waals surface area (Å²) < 4.78 is 1.81. The van der Waals surface area contributed by atoms with Crippen LogP contribution in [0, 0.1) is 0 Å². The van der Waals surface area contributed by atoms with Crippen LogP contribution in [0.4, 0.5) is 0 Å². The maximum Gasteiger partial charge on any atom is 0.119 e. The van der Waals surface area contributed by atoms with Gasteiger partial charge in [-0.1, -0.05) is 11.6 Å². The lowest BCUT2D eigenvalue weighted by atomic mass is 10.2. The van der Waals surface area contributed by atoms with Crippen molar-refractivity contribution in [3.05, 3.63) is 24.9 Å². The predicted molar refractivity (Wildman–Crippen MR) is 65.6 cm³/mol. The third-order valence-electron chi connectivity index (χ3n) is 2.60. The number of rotatable bonds is 7. The zero-order valence-electron chi connectivity index (χ0n) is 10.1. The first kappa shape index (κ1) is 12.3. The van der Waals surface area contributed by atoms with E-state index in [4.69, 9.17) is 0 Å². The van der Waals surface area contributed by atoms with E-state index in [1.165, 1.54) is 6.33 Å². The Kier molecular flexibility index (Phi) is 4.52. The molecule has 2 aromatic heterocycles. The van der Waals surface area contributed by atoms with Crippen molar-refractivity contribution in [2.45, 2.75) is 32.2 Å². The molecule has 6 nitrogen and oxygen atoms in total. The molecule has 0 aliphatic heterocycles. The number of hydrogen-bond donors (Lipinski definition) is 0. The number of carbonyl (C=O) groups is 1. The number of hydrogen-bond acceptors (Lipinski definition) is 5. The molecule has 0 N–H and O–H groups in total. The average Bonchev–Trinajstić information content (AvgIpc) is 2.88. The van der Waals surface area contributed by atoms with Gasteiger partial charge >= 0.3 is 0 Å². The van der Waals surface area contributed by atoms with E-state index in [1.807, 2.05) is 10.9 Å². The molecule has 0 saturated carbocycles. The molecule has 2 aromatic rings. The summed E-state index contributed by atoms with van der Waals surface area (Å²) in [6.45, 7) is 0.819. The molecule has 0 fully saturated rings. The Bertz CT molecular complexity index is 482. The van der Waals surface area contributed by atoms with Crippen molar-refractivity contribution in [2.75, 3.05) is 0 Å². The third kappa shape index (κ3) is 3.44. The van der Waals surface area contributed by atoms with Gasteiger partial charge in [-0.05, 0) is 12.8 Å². The summed E-state index contributed by atoms with van der Waals surface area (Å²) in [4.78, 5) is 18.0. The minimum Gasteiger partial charge on any atom is -0.303 e. The van der Waals surface area contributed by atoms with E-state index in [-0.39, 0.29) is 0 Å². The molecule has 2 rings (SSSR count). The molecule has 0 aliphatic rings. The largest absolute Gasteiger partial charge is 0.303 e. The summed E-state index contributed by atoms with van der Waals surface area (Å²) in [5.41, 5.74) is 1.65. The van der Waals surface area contributed by atoms with Crippen LogP contribution >= 0.6 is 0 Å². The second-order valence-electron chi connectivity index (χ2n) is 4.01. The zero-order chi connectivity index (χ0) is 12.6. The fourth-order valence-corrected chi connectivity index (χ4v) is 1.65. The Labute approximate surface area is 105 Å². The van der Waals surface area contributed by atoms with Gasteiger partial charge in [0, 0.05) is 30.9 Å². The minimum absolute atomic E-state index is 0.643. The lowest BCUT2D eigenvalue weighted by Gasteiger charge is -1.98. The fraction of sp³-hybridized carbons (Fsp3) is 0.417. The Morgan fingerprint density at radius 2 is 2.00 bits per heavy atom. The van der Waals surface area contributed by atoms with Gasteiger partial charge < -0.3 is 4.79 Å². The van der Waals surface area contributed by atoms with Gasteiger partial charge in [-0.25, -0.2) is 9.97 Å². The van der Waals surface area contributed by atoms with E-state index in [2.05, 4.69) is 20.3 Å². The highest BCUT2D eigenvalue weighted by molar-refractivity contribution is 5.54. The van der Waals surface area contributed by atoms with Gasteiger partial charge in [0.2, 0.25) is 0 Å². The maximum absolute atomic E-state index is 10.2. The van der Waals surface area contributed by atoms with Gasteiger partial charge in [-0.2, -0.15) is 0 Å². The van der Waals surface area contributed by atoms with Gasteiger partial charge in [0.1, 0.15) is 18.3 Å². The van der Waals surface area contributed by atoms with Crippen molar-refractivity contribution in [1.29, 1.82) is 0 Å². The van der Waals surface area contributed by atoms with Crippen LogP contribution in [-0.2, 0) is 11.3 Å². The normalized spacial score (nSPS) is 10.4. The van der Waals surface area contributed by atoms with E-state index < -0.39 is 0 Å². The molecule has 6 heteroatoms. The fourth-order valence-electron chi connectivity index (χ4n) is 1.65. The van der Waals surface area contributed by atoms with Gasteiger partial charge in [-0.15, -0.1) is 5.10 Å². The topological polar surface area (TPSA) is 73.6 Å². The molecule has 2 heterocycles. The molecule has 0 atom stereocenters. The first-order chi connectivity index (χ1) is 8.90. The lowest BCUT2D eigenvalue weighted by Crippen LogP contribution is -1.98. The van der Waals surface area contributed by atoms with Crippen molar-refractivity contribution < 1.29 is 4.79 Å². The second kappa shape index (κ2) is 6.58. The van der Waals surface area contributed by atoms with Gasteiger partial charge in [0.05, 0.1) is 6.20 Å². The Hall–Kier alpha value is -2.11. The molecule has 0 radical (unpaired) electrons. The van der Waals surface area contributed by atoms with Gasteiger partial charge in [0.25, 0.3) is 0 Å². The van der Waals surface area contributed by atoms with Crippen molar-refractivity contribution in [3.63, 3.8) is 0 Å². The predicted octanol–water partition coefficient (Wildman–Crippen LogP) is 1.49. The number of aldehydes is 1. The highest BCUT2D eigenvalue weighted by atomic mass is 16.1. The summed E-state index contributed by atoms with van der Waals surface area (Å²) in [5, 5.41) is 8.13. The number of unbranched alkanes of at least 4 members (excludes halogenated alkanes) is 3. The van der Waals surface area contributed by atoms with Crippen LogP contribution in [0.1, 0.15) is 25.7 Å². The molecule has 94 valence electrons. The molecular formula is C12H15N5O. The molecule has 0 aliphatic carbocycles. The first-order valence-corrected chi connectivity index (χ1v) is 5.99. The molecule has 18 heavy (non-hydrogen) atoms. The second-order valence-corrected chi connectivity index (χ2v) is 4.01. The summed E-state index contributed by atoms with van der Waals surface area (Å²) in [6, 6.07) is 0. The molecule has 0 saturated heterocycles. The average molecular weight is 245 g/mol. The van der Waals surface area contributed by atoms with E-state index in [9.17, 15) is 4.79 Å². The van der Waals surface area contributed by atoms with Crippen LogP contribution in [0.2, 0.25) is 0 Å². The van der Waals surface area contributed by atoms with Crippen LogP contribution in [0.15, 0.2) is 24.9 Å². The monoisotopic (exact) mass is 245 g/mol. The highest BCUT2D eigenvalue weighted by Gasteiger charge is 2.03. The number of aryl methyl sites for hydroxylation is 1. The van der Waals surface area contributed by atoms with Crippen molar-refractivity contribution in [1.82, 2.24) is 25.0 Å². The molecule has 0 aromatic carbocycles. The molecule has 0 unspecified atom stereocenters. The van der Waals surface area contributed by atoms with Crippen LogP contribution in [-0.4, -0.2) is 31.2 Å². The molecule has 0 bridgehead atoms. The van der Waals surface area contributed by atoms with Gasteiger partial charge in [0.15, 0.2) is 0 Å². The van der Waals surface area contributed by atoms with E-state index in [0.717, 1.165) is 43.4 Å². The molecule has 0 spiro atoms. The van der Waals surface area contributed by atoms with Gasteiger partial charge in [-0.3, -0.25) is 4.68 Å². The summed E-state index contributed by atoms with van der Waals surface area (Å²) in [5.74, 6) is 0. The van der Waals surface area contributed by atoms with Crippen molar-refractivity contribution >= 4 is 6.29 Å². The number of nitrogens with zero attached hydrogens (tertiary/aromatic N) is 5. The summed E-state index contributed by atoms with van der Waals surface area (Å²) >= 11 is 0. The Morgan fingerprint density at radius 3 is 2.78 bits per heavy atom. The van der Waals surface area contributed by atoms with Crippen LogP contribution in [0.3, 0.4) is 0 Å². The number of aromatic nitrogens is 5. The SMILES string of the molecule is O=CCCCCCn1cc(-c2cncnc2)nn1. The molecule has 0 amide bonds. The summed E-state index contributed by atoms with van der Waals surface area (Å²) in [6.07, 6.45) is 11.4. The highest BCUT2D eigenvalue weighted by Crippen LogP contribution is 2.12. The van der Waals surface area contributed by atoms with Crippen molar-refractivity contribution in [3.8, 4) is 11.3 Å². The first-order valence-electron chi connectivity index (χ1n) is 5.99. The lowest BCUT2D eigenvalue weighted by molar-refractivity contribution is -0.107. The summed E-state index contributed by atoms with van der Waals surface area (Å²) in [7, 11) is 0. The van der Waals surface area contributed by atoms with E-state index in [0.29, 0.717) is 6.42 Å². The van der Waals surface area contributed by atoms with Crippen molar-refractivity contribution in [2.24, 2.45) is 0 Å². The Balaban J connectivity index is 1.85. The smallest absolute Gasteiger partial charge is 0.119 e. The zero-order valence-corrected chi connectivity index (χ0v) is 10.1. The Morgan fingerprint density at radius 1 is 1.17 bits per heavy atom. The van der Waals surface area contributed by atoms with E-state index in [1.54, 1.807) is 12.4 Å². The molecular weight excluding hydrogens is 230 g/mol. The minimum atomic E-state index is 0.643. The number of carbonyl (C=O) groups excluding carboxylic acids is 1.